The van der Waals surface area contributed by atoms with Gasteiger partial charge in [0, 0.05) is 12.1 Å². The molecule has 4 nitrogen and oxygen atoms in total. The molecule has 0 aliphatic carbocycles. The van der Waals surface area contributed by atoms with Crippen molar-refractivity contribution in [1.29, 1.82) is 0 Å². The van der Waals surface area contributed by atoms with Gasteiger partial charge in [-0.05, 0) is 12.5 Å². The summed E-state index contributed by atoms with van der Waals surface area (Å²) in [6.07, 6.45) is -4.33. The van der Waals surface area contributed by atoms with Gasteiger partial charge in [-0.25, -0.2) is 0 Å². The zero-order valence-electron chi connectivity index (χ0n) is 11.1. The first-order valence-electron chi connectivity index (χ1n) is 6.16. The minimum Gasteiger partial charge on any atom is -0.405 e. The summed E-state index contributed by atoms with van der Waals surface area (Å²) < 4.78 is 40.7. The number of hydrogen-bond acceptors (Lipinski definition) is 4. The van der Waals surface area contributed by atoms with Crippen LogP contribution in [0.3, 0.4) is 0 Å². The summed E-state index contributed by atoms with van der Waals surface area (Å²) in [5.74, 6) is -0.298. The molecular formula is C13H18F3NO3. The fourth-order valence-electron chi connectivity index (χ4n) is 1.67. The molecular weight excluding hydrogens is 275 g/mol. The summed E-state index contributed by atoms with van der Waals surface area (Å²) in [6, 6.07) is 5.74. The number of para-hydroxylation sites is 1. The Hall–Kier alpha value is -1.31. The second-order valence-corrected chi connectivity index (χ2v) is 4.46. The van der Waals surface area contributed by atoms with Crippen molar-refractivity contribution in [2.45, 2.75) is 31.8 Å². The normalized spacial score (nSPS) is 12.5. The molecule has 7 heteroatoms. The van der Waals surface area contributed by atoms with Crippen LogP contribution in [0.5, 0.6) is 5.75 Å². The number of hydrogen-bond donors (Lipinski definition) is 3. The number of aliphatic hydroxyl groups is 2. The third-order valence-corrected chi connectivity index (χ3v) is 3.13. The molecule has 0 amide bonds. The molecule has 0 aliphatic rings. The minimum atomic E-state index is -4.76. The van der Waals surface area contributed by atoms with Crippen molar-refractivity contribution in [3.8, 4) is 5.75 Å². The van der Waals surface area contributed by atoms with Crippen LogP contribution < -0.4 is 10.1 Å². The summed E-state index contributed by atoms with van der Waals surface area (Å²) in [4.78, 5) is 0. The summed E-state index contributed by atoms with van der Waals surface area (Å²) in [7, 11) is 0. The summed E-state index contributed by atoms with van der Waals surface area (Å²) >= 11 is 0. The molecule has 0 aromatic heterocycles. The van der Waals surface area contributed by atoms with Gasteiger partial charge in [-0.3, -0.25) is 0 Å². The predicted octanol–water partition coefficient (Wildman–Crippen LogP) is 1.81. The fourth-order valence-corrected chi connectivity index (χ4v) is 1.67. The molecule has 114 valence electrons. The number of nitrogens with one attached hydrogen (secondary N) is 1. The van der Waals surface area contributed by atoms with Gasteiger partial charge in [0.1, 0.15) is 5.75 Å². The third kappa shape index (κ3) is 4.66. The number of rotatable bonds is 7. The molecule has 0 atom stereocenters. The van der Waals surface area contributed by atoms with Crippen LogP contribution in [0.2, 0.25) is 0 Å². The zero-order chi connectivity index (χ0) is 15.2. The van der Waals surface area contributed by atoms with E-state index in [-0.39, 0.29) is 25.5 Å². The van der Waals surface area contributed by atoms with E-state index in [0.717, 1.165) is 0 Å². The number of benzene rings is 1. The van der Waals surface area contributed by atoms with Crippen LogP contribution >= 0.6 is 0 Å². The van der Waals surface area contributed by atoms with E-state index in [4.69, 9.17) is 0 Å². The van der Waals surface area contributed by atoms with Gasteiger partial charge in [0.15, 0.2) is 0 Å². The highest BCUT2D eigenvalue weighted by Gasteiger charge is 2.32. The average molecular weight is 293 g/mol. The molecule has 1 aromatic rings. The molecule has 0 heterocycles. The second-order valence-electron chi connectivity index (χ2n) is 4.46. The Bertz CT molecular complexity index is 411. The lowest BCUT2D eigenvalue weighted by Crippen LogP contribution is -2.50. The molecule has 0 fully saturated rings. The van der Waals surface area contributed by atoms with Crippen molar-refractivity contribution in [2.75, 3.05) is 13.2 Å². The molecule has 0 saturated carbocycles. The number of aliphatic hydroxyl groups excluding tert-OH is 2. The molecule has 0 bridgehead atoms. The number of ether oxygens (including phenoxy) is 1. The lowest BCUT2D eigenvalue weighted by molar-refractivity contribution is -0.274. The van der Waals surface area contributed by atoms with E-state index in [9.17, 15) is 23.4 Å². The lowest BCUT2D eigenvalue weighted by atomic mass is 9.98. The molecule has 1 rings (SSSR count). The highest BCUT2D eigenvalue weighted by Crippen LogP contribution is 2.26. The molecule has 0 unspecified atom stereocenters. The van der Waals surface area contributed by atoms with Crippen LogP contribution in [-0.4, -0.2) is 35.3 Å². The molecule has 1 aromatic carbocycles. The van der Waals surface area contributed by atoms with E-state index in [1.165, 1.54) is 18.2 Å². The quantitative estimate of drug-likeness (QED) is 0.717. The van der Waals surface area contributed by atoms with E-state index in [1.54, 1.807) is 13.0 Å². The van der Waals surface area contributed by atoms with Crippen LogP contribution in [-0.2, 0) is 6.54 Å². The molecule has 0 saturated heterocycles. The van der Waals surface area contributed by atoms with Crippen molar-refractivity contribution in [2.24, 2.45) is 0 Å². The summed E-state index contributed by atoms with van der Waals surface area (Å²) in [5.41, 5.74) is -0.629. The van der Waals surface area contributed by atoms with Crippen molar-refractivity contribution >= 4 is 0 Å². The molecule has 3 N–H and O–H groups in total. The standard InChI is InChI=1S/C13H18F3NO3/c1-2-12(8-18,9-19)17-7-10-5-3-4-6-11(10)20-13(14,15)16/h3-6,17-19H,2,7-9H2,1H3. The maximum atomic E-state index is 12.3. The van der Waals surface area contributed by atoms with Crippen LogP contribution in [0.4, 0.5) is 13.2 Å². The minimum absolute atomic E-state index is 0.0429. The first kappa shape index (κ1) is 16.7. The Morgan fingerprint density at radius 3 is 2.25 bits per heavy atom. The first-order valence-corrected chi connectivity index (χ1v) is 6.16. The predicted molar refractivity (Wildman–Crippen MR) is 67.2 cm³/mol. The van der Waals surface area contributed by atoms with Gasteiger partial charge in [0.2, 0.25) is 0 Å². The number of halogens is 3. The van der Waals surface area contributed by atoms with E-state index >= 15 is 0 Å². The highest BCUT2D eigenvalue weighted by atomic mass is 19.4. The molecule has 0 aliphatic heterocycles. The first-order chi connectivity index (χ1) is 9.36. The van der Waals surface area contributed by atoms with E-state index in [0.29, 0.717) is 12.0 Å². The molecule has 0 radical (unpaired) electrons. The average Bonchev–Trinajstić information content (AvgIpc) is 2.41. The Morgan fingerprint density at radius 1 is 1.15 bits per heavy atom. The summed E-state index contributed by atoms with van der Waals surface area (Å²) in [5, 5.41) is 21.4. The topological polar surface area (TPSA) is 61.7 Å². The van der Waals surface area contributed by atoms with Gasteiger partial charge in [0.25, 0.3) is 0 Å². The van der Waals surface area contributed by atoms with Crippen LogP contribution in [0.25, 0.3) is 0 Å². The smallest absolute Gasteiger partial charge is 0.405 e. The van der Waals surface area contributed by atoms with Crippen molar-refractivity contribution in [3.05, 3.63) is 29.8 Å². The van der Waals surface area contributed by atoms with Gasteiger partial charge in [0.05, 0.1) is 18.8 Å². The van der Waals surface area contributed by atoms with Crippen LogP contribution in [0.1, 0.15) is 18.9 Å². The van der Waals surface area contributed by atoms with Crippen LogP contribution in [0, 0.1) is 0 Å². The second kappa shape index (κ2) is 6.92. The van der Waals surface area contributed by atoms with E-state index < -0.39 is 11.9 Å². The SMILES string of the molecule is CCC(CO)(CO)NCc1ccccc1OC(F)(F)F. The van der Waals surface area contributed by atoms with Gasteiger partial charge in [-0.15, -0.1) is 13.2 Å². The maximum Gasteiger partial charge on any atom is 0.573 e. The Morgan fingerprint density at radius 2 is 1.75 bits per heavy atom. The zero-order valence-corrected chi connectivity index (χ0v) is 11.1. The highest BCUT2D eigenvalue weighted by molar-refractivity contribution is 5.33. The Labute approximate surface area is 115 Å². The van der Waals surface area contributed by atoms with E-state index in [2.05, 4.69) is 10.1 Å². The Kier molecular flexibility index (Phi) is 5.79. The van der Waals surface area contributed by atoms with Gasteiger partial charge >= 0.3 is 6.36 Å². The lowest BCUT2D eigenvalue weighted by Gasteiger charge is -2.30. The fraction of sp³-hybridized carbons (Fsp3) is 0.538. The number of alkyl halides is 3. The van der Waals surface area contributed by atoms with Gasteiger partial charge < -0.3 is 20.3 Å². The summed E-state index contributed by atoms with van der Waals surface area (Å²) in [6.45, 7) is 1.17. The van der Waals surface area contributed by atoms with Gasteiger partial charge in [-0.1, -0.05) is 25.1 Å². The van der Waals surface area contributed by atoms with E-state index in [1.807, 2.05) is 0 Å². The van der Waals surface area contributed by atoms with Gasteiger partial charge in [-0.2, -0.15) is 0 Å². The largest absolute Gasteiger partial charge is 0.573 e. The van der Waals surface area contributed by atoms with Crippen molar-refractivity contribution in [1.82, 2.24) is 5.32 Å². The van der Waals surface area contributed by atoms with Crippen molar-refractivity contribution in [3.63, 3.8) is 0 Å². The Balaban J connectivity index is 2.82. The third-order valence-electron chi connectivity index (χ3n) is 3.13. The van der Waals surface area contributed by atoms with Crippen molar-refractivity contribution < 1.29 is 28.1 Å². The molecule has 20 heavy (non-hydrogen) atoms. The maximum absolute atomic E-state index is 12.3. The monoisotopic (exact) mass is 293 g/mol. The van der Waals surface area contributed by atoms with Crippen LogP contribution in [0.15, 0.2) is 24.3 Å². The molecule has 0 spiro atoms.